The van der Waals surface area contributed by atoms with Crippen molar-refractivity contribution >= 4 is 0 Å². The molecule has 0 aromatic heterocycles. The highest BCUT2D eigenvalue weighted by atomic mass is 19.4. The Morgan fingerprint density at radius 1 is 0.810 bits per heavy atom. The van der Waals surface area contributed by atoms with Crippen LogP contribution in [0, 0.1) is 0 Å². The summed E-state index contributed by atoms with van der Waals surface area (Å²) in [5.41, 5.74) is 0. The first-order valence-electron chi connectivity index (χ1n) is 8.86. The largest absolute Gasteiger partial charge is 0.404 e. The van der Waals surface area contributed by atoms with Crippen LogP contribution in [0.1, 0.15) is 84.0 Å². The van der Waals surface area contributed by atoms with Gasteiger partial charge in [-0.1, -0.05) is 64.7 Å². The van der Waals surface area contributed by atoms with E-state index in [1.54, 1.807) is 4.90 Å². The molecule has 1 unspecified atom stereocenters. The van der Waals surface area contributed by atoms with Crippen molar-refractivity contribution in [1.82, 2.24) is 4.90 Å². The number of nitrogens with zero attached hydrogens (tertiary/aromatic N) is 1. The second kappa shape index (κ2) is 10.5. The Hall–Kier alpha value is -0.250. The molecule has 1 heterocycles. The number of hydrogen-bond acceptors (Lipinski definition) is 1. The van der Waals surface area contributed by atoms with Crippen molar-refractivity contribution in [2.75, 3.05) is 13.1 Å². The predicted octanol–water partition coefficient (Wildman–Crippen LogP) is 5.93. The van der Waals surface area contributed by atoms with Crippen LogP contribution >= 0.6 is 0 Å². The van der Waals surface area contributed by atoms with E-state index >= 15 is 0 Å². The molecule has 0 radical (unpaired) electrons. The monoisotopic (exact) mass is 307 g/mol. The van der Waals surface area contributed by atoms with Crippen molar-refractivity contribution in [1.29, 1.82) is 0 Å². The lowest BCUT2D eigenvalue weighted by Gasteiger charge is -2.35. The van der Waals surface area contributed by atoms with Gasteiger partial charge in [-0.3, -0.25) is 4.90 Å². The highest BCUT2D eigenvalue weighted by Crippen LogP contribution is 2.30. The molecule has 0 bridgehead atoms. The molecule has 0 spiro atoms. The van der Waals surface area contributed by atoms with E-state index in [0.717, 1.165) is 32.1 Å². The topological polar surface area (TPSA) is 3.24 Å². The van der Waals surface area contributed by atoms with Crippen molar-refractivity contribution in [3.05, 3.63) is 0 Å². The van der Waals surface area contributed by atoms with Gasteiger partial charge in [0.2, 0.25) is 0 Å². The molecule has 1 aliphatic rings. The van der Waals surface area contributed by atoms with Crippen LogP contribution in [-0.2, 0) is 0 Å². The molecule has 1 rings (SSSR count). The van der Waals surface area contributed by atoms with Gasteiger partial charge in [-0.15, -0.1) is 0 Å². The third-order valence-corrected chi connectivity index (χ3v) is 4.54. The number of hydrogen-bond donors (Lipinski definition) is 0. The number of halogens is 3. The fourth-order valence-corrected chi connectivity index (χ4v) is 3.25. The van der Waals surface area contributed by atoms with E-state index in [1.807, 2.05) is 0 Å². The van der Waals surface area contributed by atoms with E-state index in [1.165, 1.54) is 32.1 Å². The Morgan fingerprint density at radius 2 is 1.33 bits per heavy atom. The molecule has 4 heteroatoms. The molecule has 0 saturated carbocycles. The van der Waals surface area contributed by atoms with Gasteiger partial charge in [0.1, 0.15) is 6.04 Å². The molecule has 0 N–H and O–H groups in total. The standard InChI is InChI=1S/C17H32F3N/c1-2-3-4-5-6-7-8-10-13-16(17(18,19)20)21-14-11-9-12-15-21/h16H,2-15H2,1H3. The van der Waals surface area contributed by atoms with Crippen molar-refractivity contribution < 1.29 is 13.2 Å². The molecular formula is C17H32F3N. The molecule has 126 valence electrons. The molecule has 1 aliphatic heterocycles. The van der Waals surface area contributed by atoms with Gasteiger partial charge in [-0.2, -0.15) is 13.2 Å². The van der Waals surface area contributed by atoms with Crippen molar-refractivity contribution in [3.63, 3.8) is 0 Å². The van der Waals surface area contributed by atoms with Gasteiger partial charge in [-0.05, 0) is 32.4 Å². The Bertz CT molecular complexity index is 247. The molecule has 0 aromatic carbocycles. The van der Waals surface area contributed by atoms with Crippen molar-refractivity contribution in [2.45, 2.75) is 96.2 Å². The van der Waals surface area contributed by atoms with E-state index in [2.05, 4.69) is 6.92 Å². The van der Waals surface area contributed by atoms with Gasteiger partial charge in [0.25, 0.3) is 0 Å². The highest BCUT2D eigenvalue weighted by molar-refractivity contribution is 4.81. The minimum atomic E-state index is -4.06. The van der Waals surface area contributed by atoms with E-state index in [9.17, 15) is 13.2 Å². The zero-order valence-corrected chi connectivity index (χ0v) is 13.6. The summed E-state index contributed by atoms with van der Waals surface area (Å²) in [5, 5.41) is 0. The summed E-state index contributed by atoms with van der Waals surface area (Å²) < 4.78 is 39.5. The first-order chi connectivity index (χ1) is 10.1. The van der Waals surface area contributed by atoms with Crippen LogP contribution in [0.3, 0.4) is 0 Å². The molecule has 21 heavy (non-hydrogen) atoms. The van der Waals surface area contributed by atoms with Gasteiger partial charge >= 0.3 is 6.18 Å². The first kappa shape index (κ1) is 18.8. The number of rotatable bonds is 10. The Morgan fingerprint density at radius 3 is 1.86 bits per heavy atom. The quantitative estimate of drug-likeness (QED) is 0.452. The second-order valence-corrected chi connectivity index (χ2v) is 6.42. The minimum absolute atomic E-state index is 0.290. The van der Waals surface area contributed by atoms with E-state index in [0.29, 0.717) is 25.9 Å². The fraction of sp³-hybridized carbons (Fsp3) is 1.00. The molecule has 0 aliphatic carbocycles. The average molecular weight is 307 g/mol. The van der Waals surface area contributed by atoms with E-state index < -0.39 is 12.2 Å². The van der Waals surface area contributed by atoms with Crippen molar-refractivity contribution in [3.8, 4) is 0 Å². The normalized spacial score (nSPS) is 18.9. The summed E-state index contributed by atoms with van der Waals surface area (Å²) in [6, 6.07) is -1.20. The molecular weight excluding hydrogens is 275 g/mol. The smallest absolute Gasteiger partial charge is 0.292 e. The molecule has 0 amide bonds. The maximum Gasteiger partial charge on any atom is 0.404 e. The average Bonchev–Trinajstić information content (AvgIpc) is 2.45. The highest BCUT2D eigenvalue weighted by Gasteiger charge is 2.42. The molecule has 1 atom stereocenters. The van der Waals surface area contributed by atoms with E-state index in [4.69, 9.17) is 0 Å². The number of likely N-dealkylation sites (tertiary alicyclic amines) is 1. The first-order valence-corrected chi connectivity index (χ1v) is 8.86. The van der Waals surface area contributed by atoms with Crippen molar-refractivity contribution in [2.24, 2.45) is 0 Å². The van der Waals surface area contributed by atoms with Crippen LogP contribution in [0.5, 0.6) is 0 Å². The van der Waals surface area contributed by atoms with Gasteiger partial charge in [-0.25, -0.2) is 0 Å². The van der Waals surface area contributed by atoms with Crippen LogP contribution < -0.4 is 0 Å². The lowest BCUT2D eigenvalue weighted by Crippen LogP contribution is -2.47. The van der Waals surface area contributed by atoms with Gasteiger partial charge in [0.05, 0.1) is 0 Å². The zero-order chi connectivity index (χ0) is 15.6. The summed E-state index contributed by atoms with van der Waals surface area (Å²) in [4.78, 5) is 1.67. The fourth-order valence-electron chi connectivity index (χ4n) is 3.25. The molecule has 1 saturated heterocycles. The SMILES string of the molecule is CCCCCCCCCCC(N1CCCCC1)C(F)(F)F. The third-order valence-electron chi connectivity index (χ3n) is 4.54. The van der Waals surface area contributed by atoms with Crippen LogP contribution in [0.25, 0.3) is 0 Å². The second-order valence-electron chi connectivity index (χ2n) is 6.42. The van der Waals surface area contributed by atoms with Crippen LogP contribution in [0.2, 0.25) is 0 Å². The van der Waals surface area contributed by atoms with Gasteiger partial charge in [0, 0.05) is 0 Å². The molecule has 1 nitrogen and oxygen atoms in total. The lowest BCUT2D eigenvalue weighted by atomic mass is 10.0. The summed E-state index contributed by atoms with van der Waals surface area (Å²) in [5.74, 6) is 0. The summed E-state index contributed by atoms with van der Waals surface area (Å²) in [6.45, 7) is 3.44. The van der Waals surface area contributed by atoms with Crippen LogP contribution in [0.15, 0.2) is 0 Å². The van der Waals surface area contributed by atoms with Gasteiger partial charge in [0.15, 0.2) is 0 Å². The summed E-state index contributed by atoms with van der Waals surface area (Å²) in [7, 11) is 0. The number of alkyl halides is 3. The third kappa shape index (κ3) is 8.08. The Balaban J connectivity index is 2.18. The minimum Gasteiger partial charge on any atom is -0.292 e. The maximum atomic E-state index is 13.2. The zero-order valence-electron chi connectivity index (χ0n) is 13.6. The summed E-state index contributed by atoms with van der Waals surface area (Å²) in [6.07, 6.45) is 8.13. The van der Waals surface area contributed by atoms with E-state index in [-0.39, 0.29) is 0 Å². The maximum absolute atomic E-state index is 13.2. The Labute approximate surface area is 128 Å². The van der Waals surface area contributed by atoms with Crippen LogP contribution in [-0.4, -0.2) is 30.2 Å². The lowest BCUT2D eigenvalue weighted by molar-refractivity contribution is -0.188. The molecule has 1 fully saturated rings. The van der Waals surface area contributed by atoms with Crippen LogP contribution in [0.4, 0.5) is 13.2 Å². The Kier molecular flexibility index (Phi) is 9.37. The number of unbranched alkanes of at least 4 members (excludes halogenated alkanes) is 7. The van der Waals surface area contributed by atoms with Gasteiger partial charge < -0.3 is 0 Å². The molecule has 0 aromatic rings. The summed E-state index contributed by atoms with van der Waals surface area (Å²) >= 11 is 0. The predicted molar refractivity (Wildman–Crippen MR) is 82.5 cm³/mol. The number of piperidine rings is 1.